The molecule has 1 aliphatic heterocycles. The number of carbonyl (C=O) groups is 1. The molecule has 0 spiro atoms. The first-order valence-electron chi connectivity index (χ1n) is 9.69. The van der Waals surface area contributed by atoms with Crippen LogP contribution in [-0.4, -0.2) is 45.2 Å². The Morgan fingerprint density at radius 1 is 1.21 bits per heavy atom. The standard InChI is InChI=1S/C22H26N4O2/c1-16-7-3-4-8-17(16)22(28)12-14-26(15-22)21(27)23-13-11-20-24-18-9-5-6-10-19(18)25(20)2/h3-10,28H,11-15H2,1-2H3,(H,23,27)/t22-/m0/s1. The number of benzene rings is 2. The molecule has 0 bridgehead atoms. The van der Waals surface area contributed by atoms with Gasteiger partial charge < -0.3 is 19.9 Å². The third-order valence-corrected chi connectivity index (χ3v) is 5.69. The zero-order valence-electron chi connectivity index (χ0n) is 16.4. The number of aliphatic hydroxyl groups is 1. The largest absolute Gasteiger partial charge is 0.383 e. The van der Waals surface area contributed by atoms with Crippen LogP contribution in [0.4, 0.5) is 4.79 Å². The van der Waals surface area contributed by atoms with Gasteiger partial charge in [-0.15, -0.1) is 0 Å². The summed E-state index contributed by atoms with van der Waals surface area (Å²) < 4.78 is 2.06. The SMILES string of the molecule is Cc1ccccc1[C@]1(O)CCN(C(=O)NCCc2nc3ccccc3n2C)C1. The van der Waals surface area contributed by atoms with E-state index in [-0.39, 0.29) is 6.03 Å². The van der Waals surface area contributed by atoms with E-state index in [1.807, 2.05) is 62.5 Å². The van der Waals surface area contributed by atoms with Gasteiger partial charge in [0.25, 0.3) is 0 Å². The molecule has 0 aliphatic carbocycles. The van der Waals surface area contributed by atoms with Crippen LogP contribution in [0, 0.1) is 6.92 Å². The first-order chi connectivity index (χ1) is 13.5. The molecule has 1 atom stereocenters. The van der Waals surface area contributed by atoms with Crippen LogP contribution in [0.15, 0.2) is 48.5 Å². The van der Waals surface area contributed by atoms with Crippen molar-refractivity contribution in [1.29, 1.82) is 0 Å². The second-order valence-electron chi connectivity index (χ2n) is 7.58. The highest BCUT2D eigenvalue weighted by Crippen LogP contribution is 2.33. The van der Waals surface area contributed by atoms with E-state index in [1.165, 1.54) is 0 Å². The number of likely N-dealkylation sites (tertiary alicyclic amines) is 1. The summed E-state index contributed by atoms with van der Waals surface area (Å²) in [6, 6.07) is 15.7. The molecule has 2 N–H and O–H groups in total. The van der Waals surface area contributed by atoms with E-state index in [1.54, 1.807) is 4.90 Å². The molecule has 0 radical (unpaired) electrons. The Bertz CT molecular complexity index is 1010. The molecular weight excluding hydrogens is 352 g/mol. The van der Waals surface area contributed by atoms with Crippen molar-refractivity contribution in [2.75, 3.05) is 19.6 Å². The maximum Gasteiger partial charge on any atom is 0.317 e. The van der Waals surface area contributed by atoms with Gasteiger partial charge in [-0.1, -0.05) is 36.4 Å². The average molecular weight is 378 g/mol. The van der Waals surface area contributed by atoms with Gasteiger partial charge in [0.1, 0.15) is 11.4 Å². The predicted octanol–water partition coefficient (Wildman–Crippen LogP) is 2.73. The molecule has 1 aromatic heterocycles. The molecule has 28 heavy (non-hydrogen) atoms. The molecule has 1 aliphatic rings. The zero-order chi connectivity index (χ0) is 19.7. The maximum absolute atomic E-state index is 12.6. The number of nitrogens with zero attached hydrogens (tertiary/aromatic N) is 3. The molecule has 0 saturated carbocycles. The molecule has 2 aromatic carbocycles. The third-order valence-electron chi connectivity index (χ3n) is 5.69. The third kappa shape index (κ3) is 3.36. The van der Waals surface area contributed by atoms with Crippen LogP contribution in [0.5, 0.6) is 0 Å². The zero-order valence-corrected chi connectivity index (χ0v) is 16.4. The van der Waals surface area contributed by atoms with E-state index in [9.17, 15) is 9.90 Å². The first-order valence-corrected chi connectivity index (χ1v) is 9.69. The minimum atomic E-state index is -0.972. The lowest BCUT2D eigenvalue weighted by Gasteiger charge is -2.25. The summed E-state index contributed by atoms with van der Waals surface area (Å²) in [6.45, 7) is 3.36. The molecule has 2 heterocycles. The maximum atomic E-state index is 12.6. The molecule has 2 amide bonds. The van der Waals surface area contributed by atoms with Crippen LogP contribution < -0.4 is 5.32 Å². The number of β-amino-alcohol motifs (C(OH)–C–C–N with tert-alkyl or cyclic N) is 1. The summed E-state index contributed by atoms with van der Waals surface area (Å²) >= 11 is 0. The highest BCUT2D eigenvalue weighted by molar-refractivity contribution is 5.76. The Hall–Kier alpha value is -2.86. The fraction of sp³-hybridized carbons (Fsp3) is 0.364. The van der Waals surface area contributed by atoms with Crippen LogP contribution in [0.1, 0.15) is 23.4 Å². The highest BCUT2D eigenvalue weighted by atomic mass is 16.3. The summed E-state index contributed by atoms with van der Waals surface area (Å²) in [4.78, 5) is 18.9. The molecule has 146 valence electrons. The highest BCUT2D eigenvalue weighted by Gasteiger charge is 2.40. The van der Waals surface area contributed by atoms with E-state index in [0.29, 0.717) is 32.5 Å². The normalized spacial score (nSPS) is 19.3. The Balaban J connectivity index is 1.36. The summed E-state index contributed by atoms with van der Waals surface area (Å²) in [5.74, 6) is 0.944. The lowest BCUT2D eigenvalue weighted by molar-refractivity contribution is 0.0488. The number of imidazole rings is 1. The molecule has 1 saturated heterocycles. The van der Waals surface area contributed by atoms with E-state index >= 15 is 0 Å². The van der Waals surface area contributed by atoms with Crippen molar-refractivity contribution in [2.45, 2.75) is 25.4 Å². The second-order valence-corrected chi connectivity index (χ2v) is 7.58. The summed E-state index contributed by atoms with van der Waals surface area (Å²) in [7, 11) is 2.00. The average Bonchev–Trinajstić information content (AvgIpc) is 3.24. The van der Waals surface area contributed by atoms with Gasteiger partial charge in [-0.3, -0.25) is 0 Å². The number of aryl methyl sites for hydroxylation is 2. The number of fused-ring (bicyclic) bond motifs is 1. The van der Waals surface area contributed by atoms with Crippen molar-refractivity contribution in [3.8, 4) is 0 Å². The molecule has 6 heteroatoms. The molecule has 0 unspecified atom stereocenters. The van der Waals surface area contributed by atoms with Gasteiger partial charge in [0, 0.05) is 26.6 Å². The number of para-hydroxylation sites is 2. The van der Waals surface area contributed by atoms with E-state index in [2.05, 4.69) is 14.9 Å². The Morgan fingerprint density at radius 3 is 2.75 bits per heavy atom. The molecule has 6 nitrogen and oxygen atoms in total. The minimum absolute atomic E-state index is 0.136. The molecule has 3 aromatic rings. The van der Waals surface area contributed by atoms with Crippen molar-refractivity contribution >= 4 is 17.1 Å². The monoisotopic (exact) mass is 378 g/mol. The van der Waals surface area contributed by atoms with Gasteiger partial charge in [0.05, 0.1) is 17.6 Å². The minimum Gasteiger partial charge on any atom is -0.383 e. The summed E-state index contributed by atoms with van der Waals surface area (Å²) in [5, 5.41) is 14.0. The van der Waals surface area contributed by atoms with E-state index < -0.39 is 5.60 Å². The number of nitrogens with one attached hydrogen (secondary N) is 1. The first kappa shape index (κ1) is 18.5. The van der Waals surface area contributed by atoms with Crippen LogP contribution in [-0.2, 0) is 19.1 Å². The molecular formula is C22H26N4O2. The van der Waals surface area contributed by atoms with Crippen molar-refractivity contribution in [2.24, 2.45) is 7.05 Å². The quantitative estimate of drug-likeness (QED) is 0.733. The number of carbonyl (C=O) groups excluding carboxylic acids is 1. The number of hydrogen-bond acceptors (Lipinski definition) is 3. The molecule has 4 rings (SSSR count). The van der Waals surface area contributed by atoms with Crippen molar-refractivity contribution in [3.05, 3.63) is 65.5 Å². The van der Waals surface area contributed by atoms with Gasteiger partial charge in [0.2, 0.25) is 0 Å². The van der Waals surface area contributed by atoms with Gasteiger partial charge in [-0.05, 0) is 36.6 Å². The number of hydrogen-bond donors (Lipinski definition) is 2. The van der Waals surface area contributed by atoms with E-state index in [0.717, 1.165) is 28.0 Å². The Morgan fingerprint density at radius 2 is 1.96 bits per heavy atom. The fourth-order valence-electron chi connectivity index (χ4n) is 4.09. The number of rotatable bonds is 4. The Kier molecular flexibility index (Phi) is 4.81. The van der Waals surface area contributed by atoms with Gasteiger partial charge >= 0.3 is 6.03 Å². The van der Waals surface area contributed by atoms with Crippen LogP contribution in [0.3, 0.4) is 0 Å². The summed E-state index contributed by atoms with van der Waals surface area (Å²) in [6.07, 6.45) is 1.21. The smallest absolute Gasteiger partial charge is 0.317 e. The fourth-order valence-corrected chi connectivity index (χ4v) is 4.09. The Labute approximate surface area is 164 Å². The van der Waals surface area contributed by atoms with Crippen LogP contribution >= 0.6 is 0 Å². The summed E-state index contributed by atoms with van der Waals surface area (Å²) in [5.41, 5.74) is 3.04. The van der Waals surface area contributed by atoms with Gasteiger partial charge in [-0.25, -0.2) is 9.78 Å². The van der Waals surface area contributed by atoms with Crippen LogP contribution in [0.25, 0.3) is 11.0 Å². The van der Waals surface area contributed by atoms with Gasteiger partial charge in [0.15, 0.2) is 0 Å². The van der Waals surface area contributed by atoms with Gasteiger partial charge in [-0.2, -0.15) is 0 Å². The lowest BCUT2D eigenvalue weighted by Crippen LogP contribution is -2.41. The van der Waals surface area contributed by atoms with E-state index in [4.69, 9.17) is 0 Å². The van der Waals surface area contributed by atoms with Crippen LogP contribution in [0.2, 0.25) is 0 Å². The molecule has 1 fully saturated rings. The number of urea groups is 1. The van der Waals surface area contributed by atoms with Crippen molar-refractivity contribution < 1.29 is 9.90 Å². The van der Waals surface area contributed by atoms with Crippen molar-refractivity contribution in [3.63, 3.8) is 0 Å². The lowest BCUT2D eigenvalue weighted by atomic mass is 9.89. The second kappa shape index (κ2) is 7.28. The number of amides is 2. The topological polar surface area (TPSA) is 70.4 Å². The predicted molar refractivity (Wildman–Crippen MR) is 109 cm³/mol. The van der Waals surface area contributed by atoms with Crippen molar-refractivity contribution in [1.82, 2.24) is 19.8 Å². The number of aromatic nitrogens is 2.